The Balaban J connectivity index is 0. The number of amides is 1. The smallest absolute Gasteiger partial charge is 0.250 e. The molecule has 6 heteroatoms. The molecule has 4 N–H and O–H groups in total. The van der Waals surface area contributed by atoms with Gasteiger partial charge in [-0.05, 0) is 25.2 Å². The first-order chi connectivity index (χ1) is 6.50. The number of carbonyl (C=O) groups is 1. The van der Waals surface area contributed by atoms with Gasteiger partial charge < -0.3 is 16.2 Å². The second-order valence-electron chi connectivity index (χ2n) is 4.52. The highest BCUT2D eigenvalue weighted by Crippen LogP contribution is 2.19. The Morgan fingerprint density at radius 1 is 1.44 bits per heavy atom. The maximum Gasteiger partial charge on any atom is 0.250 e. The zero-order valence-corrected chi connectivity index (χ0v) is 11.3. The summed E-state index contributed by atoms with van der Waals surface area (Å²) < 4.78 is 0. The number of aliphatic hydroxyl groups excluding tert-OH is 1. The summed E-state index contributed by atoms with van der Waals surface area (Å²) in [5.74, 6) is 0.0778. The molecule has 0 heterocycles. The van der Waals surface area contributed by atoms with Crippen LogP contribution in [0.4, 0.5) is 0 Å². The van der Waals surface area contributed by atoms with Crippen LogP contribution in [0.15, 0.2) is 0 Å². The van der Waals surface area contributed by atoms with Crippen molar-refractivity contribution in [2.24, 2.45) is 11.7 Å². The van der Waals surface area contributed by atoms with Crippen molar-refractivity contribution in [3.05, 3.63) is 0 Å². The standard InChI is InChI=1S/C10H20N2O2.2ClH/c1-6(2)5-8(11)9(13)10(14)12-7-3-4-7;;/h6-9,13H,3-5,11H2,1-2H3,(H,12,14);2*1H/t8-,9-;;/m0../s1. The van der Waals surface area contributed by atoms with Crippen LogP contribution in [0.2, 0.25) is 0 Å². The van der Waals surface area contributed by atoms with E-state index in [4.69, 9.17) is 5.73 Å². The minimum atomic E-state index is -1.06. The van der Waals surface area contributed by atoms with Crippen LogP contribution in [0.1, 0.15) is 33.1 Å². The van der Waals surface area contributed by atoms with E-state index in [9.17, 15) is 9.90 Å². The number of nitrogens with two attached hydrogens (primary N) is 1. The molecule has 1 saturated carbocycles. The monoisotopic (exact) mass is 272 g/mol. The third kappa shape index (κ3) is 6.53. The summed E-state index contributed by atoms with van der Waals surface area (Å²) in [7, 11) is 0. The van der Waals surface area contributed by atoms with E-state index in [1.807, 2.05) is 13.8 Å². The quantitative estimate of drug-likeness (QED) is 0.695. The number of hydrogen-bond donors (Lipinski definition) is 3. The molecule has 4 nitrogen and oxygen atoms in total. The Morgan fingerprint density at radius 2 is 1.94 bits per heavy atom. The van der Waals surface area contributed by atoms with Gasteiger partial charge in [-0.15, -0.1) is 24.8 Å². The second-order valence-corrected chi connectivity index (χ2v) is 4.52. The van der Waals surface area contributed by atoms with Crippen LogP contribution in [-0.4, -0.2) is 29.2 Å². The van der Waals surface area contributed by atoms with Gasteiger partial charge in [0.1, 0.15) is 6.10 Å². The lowest BCUT2D eigenvalue weighted by Crippen LogP contribution is -2.47. The lowest BCUT2D eigenvalue weighted by molar-refractivity contribution is -0.130. The average Bonchev–Trinajstić information content (AvgIpc) is 2.85. The van der Waals surface area contributed by atoms with E-state index in [1.54, 1.807) is 0 Å². The van der Waals surface area contributed by atoms with Gasteiger partial charge in [0.15, 0.2) is 0 Å². The van der Waals surface area contributed by atoms with Gasteiger partial charge in [-0.3, -0.25) is 4.79 Å². The predicted octanol–water partition coefficient (Wildman–Crippen LogP) is 0.843. The van der Waals surface area contributed by atoms with E-state index in [-0.39, 0.29) is 36.8 Å². The summed E-state index contributed by atoms with van der Waals surface area (Å²) in [6, 6.07) is -0.169. The lowest BCUT2D eigenvalue weighted by Gasteiger charge is -2.19. The fraction of sp³-hybridized carbons (Fsp3) is 0.900. The number of carbonyl (C=O) groups excluding carboxylic acids is 1. The summed E-state index contributed by atoms with van der Waals surface area (Å²) in [6.45, 7) is 4.04. The molecule has 1 rings (SSSR count). The van der Waals surface area contributed by atoms with Crippen molar-refractivity contribution in [2.75, 3.05) is 0 Å². The number of halogens is 2. The molecular weight excluding hydrogens is 251 g/mol. The Hall–Kier alpha value is -0.0300. The van der Waals surface area contributed by atoms with Crippen molar-refractivity contribution in [1.29, 1.82) is 0 Å². The van der Waals surface area contributed by atoms with Crippen molar-refractivity contribution in [1.82, 2.24) is 5.32 Å². The number of rotatable bonds is 5. The van der Waals surface area contributed by atoms with Crippen LogP contribution < -0.4 is 11.1 Å². The summed E-state index contributed by atoms with van der Waals surface area (Å²) in [5, 5.41) is 12.3. The molecule has 1 aliphatic carbocycles. The van der Waals surface area contributed by atoms with Crippen LogP contribution in [0.3, 0.4) is 0 Å². The van der Waals surface area contributed by atoms with Gasteiger partial charge in [-0.2, -0.15) is 0 Å². The van der Waals surface area contributed by atoms with Crippen LogP contribution >= 0.6 is 24.8 Å². The first-order valence-electron chi connectivity index (χ1n) is 5.24. The van der Waals surface area contributed by atoms with Gasteiger partial charge in [-0.25, -0.2) is 0 Å². The normalized spacial score (nSPS) is 18.1. The molecule has 0 saturated heterocycles. The van der Waals surface area contributed by atoms with E-state index in [2.05, 4.69) is 5.32 Å². The molecule has 16 heavy (non-hydrogen) atoms. The third-order valence-corrected chi connectivity index (χ3v) is 2.34. The minimum Gasteiger partial charge on any atom is -0.382 e. The fourth-order valence-electron chi connectivity index (χ4n) is 1.38. The lowest BCUT2D eigenvalue weighted by atomic mass is 9.99. The molecule has 98 valence electrons. The molecule has 1 fully saturated rings. The van der Waals surface area contributed by atoms with Gasteiger partial charge in [0.05, 0.1) is 0 Å². The van der Waals surface area contributed by atoms with E-state index < -0.39 is 12.1 Å². The second kappa shape index (κ2) is 8.12. The molecule has 0 bridgehead atoms. The highest BCUT2D eigenvalue weighted by atomic mass is 35.5. The highest BCUT2D eigenvalue weighted by Gasteiger charge is 2.29. The summed E-state index contributed by atoms with van der Waals surface area (Å²) in [5.41, 5.74) is 5.70. The van der Waals surface area contributed by atoms with Crippen molar-refractivity contribution < 1.29 is 9.90 Å². The summed E-state index contributed by atoms with van der Waals surface area (Å²) in [6.07, 6.45) is 1.66. The minimum absolute atomic E-state index is 0. The van der Waals surface area contributed by atoms with Gasteiger partial charge in [0.2, 0.25) is 0 Å². The Kier molecular flexibility index (Phi) is 9.30. The summed E-state index contributed by atoms with van der Waals surface area (Å²) >= 11 is 0. The third-order valence-electron chi connectivity index (χ3n) is 2.34. The molecule has 0 unspecified atom stereocenters. The maximum absolute atomic E-state index is 11.4. The van der Waals surface area contributed by atoms with E-state index in [0.29, 0.717) is 12.3 Å². The number of aliphatic hydroxyl groups is 1. The van der Waals surface area contributed by atoms with E-state index in [0.717, 1.165) is 12.8 Å². The molecule has 0 aromatic heterocycles. The zero-order valence-electron chi connectivity index (χ0n) is 9.68. The molecule has 0 aromatic rings. The van der Waals surface area contributed by atoms with Crippen LogP contribution in [0, 0.1) is 5.92 Å². The highest BCUT2D eigenvalue weighted by molar-refractivity contribution is 5.85. The van der Waals surface area contributed by atoms with Crippen LogP contribution in [-0.2, 0) is 4.79 Å². The van der Waals surface area contributed by atoms with Crippen molar-refractivity contribution >= 4 is 30.7 Å². The predicted molar refractivity (Wildman–Crippen MR) is 69.1 cm³/mol. The van der Waals surface area contributed by atoms with Crippen molar-refractivity contribution in [3.63, 3.8) is 0 Å². The number of nitrogens with one attached hydrogen (secondary N) is 1. The molecule has 0 spiro atoms. The Morgan fingerprint density at radius 3 is 2.31 bits per heavy atom. The topological polar surface area (TPSA) is 75.3 Å². The number of hydrogen-bond acceptors (Lipinski definition) is 3. The Labute approximate surface area is 109 Å². The van der Waals surface area contributed by atoms with Crippen LogP contribution in [0.5, 0.6) is 0 Å². The maximum atomic E-state index is 11.4. The SMILES string of the molecule is CC(C)C[C@H](N)[C@H](O)C(=O)NC1CC1.Cl.Cl. The van der Waals surface area contributed by atoms with Crippen LogP contribution in [0.25, 0.3) is 0 Å². The summed E-state index contributed by atoms with van der Waals surface area (Å²) in [4.78, 5) is 11.4. The van der Waals surface area contributed by atoms with E-state index in [1.165, 1.54) is 0 Å². The Bertz CT molecular complexity index is 211. The van der Waals surface area contributed by atoms with Crippen molar-refractivity contribution in [3.8, 4) is 0 Å². The molecule has 0 aliphatic heterocycles. The molecule has 2 atom stereocenters. The van der Waals surface area contributed by atoms with Gasteiger partial charge in [-0.1, -0.05) is 13.8 Å². The molecule has 0 radical (unpaired) electrons. The average molecular weight is 273 g/mol. The molecular formula is C10H22Cl2N2O2. The van der Waals surface area contributed by atoms with Crippen molar-refractivity contribution in [2.45, 2.75) is 51.3 Å². The molecule has 0 aromatic carbocycles. The van der Waals surface area contributed by atoms with Gasteiger partial charge >= 0.3 is 0 Å². The van der Waals surface area contributed by atoms with E-state index >= 15 is 0 Å². The largest absolute Gasteiger partial charge is 0.382 e. The van der Waals surface area contributed by atoms with Gasteiger partial charge in [0, 0.05) is 12.1 Å². The zero-order chi connectivity index (χ0) is 10.7. The fourth-order valence-corrected chi connectivity index (χ4v) is 1.38. The first kappa shape index (κ1) is 18.3. The van der Waals surface area contributed by atoms with Gasteiger partial charge in [0.25, 0.3) is 5.91 Å². The first-order valence-corrected chi connectivity index (χ1v) is 5.24. The molecule has 1 aliphatic rings. The molecule has 1 amide bonds.